The highest BCUT2D eigenvalue weighted by Gasteiger charge is 2.24. The van der Waals surface area contributed by atoms with Gasteiger partial charge in [-0.2, -0.15) is 0 Å². The number of benzene rings is 1. The smallest absolute Gasteiger partial charge is 0.274 e. The van der Waals surface area contributed by atoms with Crippen LogP contribution in [0.1, 0.15) is 25.7 Å². The van der Waals surface area contributed by atoms with Crippen molar-refractivity contribution in [2.24, 2.45) is 5.73 Å². The molecule has 17 heavy (non-hydrogen) atoms. The number of fused-ring (bicyclic) bond motifs is 1. The van der Waals surface area contributed by atoms with Crippen LogP contribution in [-0.2, 0) is 0 Å². The first-order valence-corrected chi connectivity index (χ1v) is 6.92. The minimum absolute atomic E-state index is 0.143. The maximum Gasteiger partial charge on any atom is 0.274 e. The second kappa shape index (κ2) is 4.63. The average molecular weight is 248 g/mol. The molecule has 0 amide bonds. The van der Waals surface area contributed by atoms with Crippen molar-refractivity contribution >= 4 is 21.6 Å². The zero-order valence-electron chi connectivity index (χ0n) is 9.63. The van der Waals surface area contributed by atoms with Crippen LogP contribution in [0, 0.1) is 0 Å². The molecule has 1 fully saturated rings. The van der Waals surface area contributed by atoms with Gasteiger partial charge in [0.15, 0.2) is 0 Å². The molecule has 0 spiro atoms. The Bertz CT molecular complexity index is 478. The highest BCUT2D eigenvalue weighted by Crippen LogP contribution is 2.30. The third-order valence-electron chi connectivity index (χ3n) is 3.28. The lowest BCUT2D eigenvalue weighted by Gasteiger charge is -2.27. The van der Waals surface area contributed by atoms with E-state index in [1.54, 1.807) is 11.3 Å². The van der Waals surface area contributed by atoms with Crippen LogP contribution in [0.5, 0.6) is 5.19 Å². The second-order valence-electron chi connectivity index (χ2n) is 4.55. The van der Waals surface area contributed by atoms with Crippen molar-refractivity contribution in [3.63, 3.8) is 0 Å². The van der Waals surface area contributed by atoms with Crippen LogP contribution in [0.4, 0.5) is 0 Å². The summed E-state index contributed by atoms with van der Waals surface area (Å²) in [6, 6.07) is 8.27. The molecule has 4 heteroatoms. The number of aromatic nitrogens is 1. The van der Waals surface area contributed by atoms with Crippen molar-refractivity contribution in [2.75, 3.05) is 0 Å². The van der Waals surface area contributed by atoms with Crippen molar-refractivity contribution < 1.29 is 4.74 Å². The van der Waals surface area contributed by atoms with Crippen LogP contribution in [0.3, 0.4) is 0 Å². The number of thiazole rings is 1. The van der Waals surface area contributed by atoms with E-state index >= 15 is 0 Å². The molecule has 3 nitrogen and oxygen atoms in total. The van der Waals surface area contributed by atoms with Gasteiger partial charge in [-0.25, -0.2) is 4.98 Å². The zero-order valence-corrected chi connectivity index (χ0v) is 10.5. The molecule has 3 rings (SSSR count). The van der Waals surface area contributed by atoms with Gasteiger partial charge in [0, 0.05) is 6.04 Å². The molecule has 2 aromatic rings. The predicted octanol–water partition coefficient (Wildman–Crippen LogP) is 2.95. The van der Waals surface area contributed by atoms with Crippen LogP contribution in [0.15, 0.2) is 24.3 Å². The van der Waals surface area contributed by atoms with Gasteiger partial charge in [-0.3, -0.25) is 0 Å². The number of ether oxygens (including phenoxy) is 1. The molecule has 2 atom stereocenters. The van der Waals surface area contributed by atoms with Gasteiger partial charge in [0.25, 0.3) is 5.19 Å². The van der Waals surface area contributed by atoms with Crippen molar-refractivity contribution in [2.45, 2.75) is 37.8 Å². The third-order valence-corrected chi connectivity index (χ3v) is 4.21. The maximum atomic E-state index is 6.07. The van der Waals surface area contributed by atoms with Crippen LogP contribution in [0.25, 0.3) is 10.2 Å². The minimum atomic E-state index is 0.143. The summed E-state index contributed by atoms with van der Waals surface area (Å²) in [6.07, 6.45) is 4.70. The quantitative estimate of drug-likeness (QED) is 0.889. The second-order valence-corrected chi connectivity index (χ2v) is 5.55. The SMILES string of the molecule is NC1CCCCC1Oc1nc2ccccc2s1. The van der Waals surface area contributed by atoms with Gasteiger partial charge in [0.05, 0.1) is 10.2 Å². The lowest BCUT2D eigenvalue weighted by molar-refractivity contribution is 0.132. The minimum Gasteiger partial charge on any atom is -0.465 e. The van der Waals surface area contributed by atoms with Crippen LogP contribution in [-0.4, -0.2) is 17.1 Å². The number of nitrogens with zero attached hydrogens (tertiary/aromatic N) is 1. The fourth-order valence-corrected chi connectivity index (χ4v) is 3.17. The highest BCUT2D eigenvalue weighted by molar-refractivity contribution is 7.20. The Kier molecular flexibility index (Phi) is 2.99. The number of rotatable bonds is 2. The molecule has 0 saturated heterocycles. The summed E-state index contributed by atoms with van der Waals surface area (Å²) < 4.78 is 7.11. The molecule has 0 radical (unpaired) electrons. The Morgan fingerprint density at radius 3 is 2.88 bits per heavy atom. The van der Waals surface area contributed by atoms with Gasteiger partial charge in [-0.15, -0.1) is 0 Å². The van der Waals surface area contributed by atoms with Crippen molar-refractivity contribution in [3.05, 3.63) is 24.3 Å². The molecule has 1 aliphatic carbocycles. The summed E-state index contributed by atoms with van der Waals surface area (Å²) in [7, 11) is 0. The summed E-state index contributed by atoms with van der Waals surface area (Å²) in [5, 5.41) is 0.758. The summed E-state index contributed by atoms with van der Waals surface area (Å²) in [6.45, 7) is 0. The average Bonchev–Trinajstić information content (AvgIpc) is 2.74. The monoisotopic (exact) mass is 248 g/mol. The van der Waals surface area contributed by atoms with Gasteiger partial charge in [0.1, 0.15) is 6.10 Å². The molecule has 1 saturated carbocycles. The van der Waals surface area contributed by atoms with Crippen molar-refractivity contribution in [3.8, 4) is 5.19 Å². The molecule has 1 aromatic heterocycles. The van der Waals surface area contributed by atoms with E-state index in [0.717, 1.165) is 23.6 Å². The zero-order chi connectivity index (χ0) is 11.7. The molecule has 1 aromatic carbocycles. The van der Waals surface area contributed by atoms with E-state index in [0.29, 0.717) is 0 Å². The van der Waals surface area contributed by atoms with E-state index in [-0.39, 0.29) is 12.1 Å². The van der Waals surface area contributed by atoms with E-state index in [4.69, 9.17) is 10.5 Å². The van der Waals surface area contributed by atoms with Crippen LogP contribution >= 0.6 is 11.3 Å². The maximum absolute atomic E-state index is 6.07. The summed E-state index contributed by atoms with van der Waals surface area (Å²) in [4.78, 5) is 4.48. The fourth-order valence-electron chi connectivity index (χ4n) is 2.30. The standard InChI is InChI=1S/C13H16N2OS/c14-9-5-1-3-7-11(9)16-13-15-10-6-2-4-8-12(10)17-13/h2,4,6,8-9,11H,1,3,5,7,14H2. The molecular formula is C13H16N2OS. The largest absolute Gasteiger partial charge is 0.465 e. The molecular weight excluding hydrogens is 232 g/mol. The predicted molar refractivity (Wildman–Crippen MR) is 70.5 cm³/mol. The first kappa shape index (κ1) is 11.0. The molecule has 1 heterocycles. The van der Waals surface area contributed by atoms with E-state index < -0.39 is 0 Å². The van der Waals surface area contributed by atoms with E-state index in [9.17, 15) is 0 Å². The lowest BCUT2D eigenvalue weighted by Crippen LogP contribution is -2.41. The van der Waals surface area contributed by atoms with Gasteiger partial charge in [0.2, 0.25) is 0 Å². The molecule has 90 valence electrons. The number of para-hydroxylation sites is 1. The number of nitrogens with two attached hydrogens (primary N) is 1. The molecule has 1 aliphatic rings. The Balaban J connectivity index is 1.79. The normalized spacial score (nSPS) is 25.0. The molecule has 0 aliphatic heterocycles. The molecule has 0 bridgehead atoms. The third kappa shape index (κ3) is 2.28. The first-order valence-electron chi connectivity index (χ1n) is 6.11. The van der Waals surface area contributed by atoms with E-state index in [1.165, 1.54) is 17.5 Å². The van der Waals surface area contributed by atoms with Gasteiger partial charge in [-0.1, -0.05) is 29.9 Å². The summed E-state index contributed by atoms with van der Waals surface area (Å²) in [5.41, 5.74) is 7.08. The molecule has 2 N–H and O–H groups in total. The number of hydrogen-bond donors (Lipinski definition) is 1. The first-order chi connectivity index (χ1) is 8.33. The van der Waals surface area contributed by atoms with Gasteiger partial charge < -0.3 is 10.5 Å². The Hall–Kier alpha value is -1.13. The topological polar surface area (TPSA) is 48.1 Å². The van der Waals surface area contributed by atoms with Gasteiger partial charge in [-0.05, 0) is 31.4 Å². The van der Waals surface area contributed by atoms with E-state index in [1.807, 2.05) is 18.2 Å². The Morgan fingerprint density at radius 1 is 1.24 bits per heavy atom. The summed E-state index contributed by atoms with van der Waals surface area (Å²) >= 11 is 1.60. The van der Waals surface area contributed by atoms with E-state index in [2.05, 4.69) is 11.1 Å². The Labute approximate surface area is 105 Å². The Morgan fingerprint density at radius 2 is 2.06 bits per heavy atom. The summed E-state index contributed by atoms with van der Waals surface area (Å²) in [5.74, 6) is 0. The van der Waals surface area contributed by atoms with Crippen LogP contribution < -0.4 is 10.5 Å². The van der Waals surface area contributed by atoms with Crippen LogP contribution in [0.2, 0.25) is 0 Å². The lowest BCUT2D eigenvalue weighted by atomic mass is 9.93. The van der Waals surface area contributed by atoms with Crippen molar-refractivity contribution in [1.82, 2.24) is 4.98 Å². The van der Waals surface area contributed by atoms with Gasteiger partial charge >= 0.3 is 0 Å². The van der Waals surface area contributed by atoms with Crippen molar-refractivity contribution in [1.29, 1.82) is 0 Å². The fraction of sp³-hybridized carbons (Fsp3) is 0.462. The molecule has 2 unspecified atom stereocenters. The number of hydrogen-bond acceptors (Lipinski definition) is 4. The highest BCUT2D eigenvalue weighted by atomic mass is 32.1.